The number of amides is 1. The lowest BCUT2D eigenvalue weighted by molar-refractivity contribution is -0.122. The Bertz CT molecular complexity index is 1010. The highest BCUT2D eigenvalue weighted by molar-refractivity contribution is 5.91. The summed E-state index contributed by atoms with van der Waals surface area (Å²) in [5.74, 6) is -0.347. The van der Waals surface area contributed by atoms with Crippen LogP contribution < -0.4 is 5.32 Å². The Morgan fingerprint density at radius 2 is 1.97 bits per heavy atom. The van der Waals surface area contributed by atoms with Gasteiger partial charge in [0.15, 0.2) is 0 Å². The number of aryl methyl sites for hydroxylation is 1. The number of H-pyrrole nitrogens is 1. The Kier molecular flexibility index (Phi) is 5.62. The summed E-state index contributed by atoms with van der Waals surface area (Å²) in [6, 6.07) is 10.8. The van der Waals surface area contributed by atoms with Crippen LogP contribution in [0.1, 0.15) is 25.3 Å². The van der Waals surface area contributed by atoms with Crippen LogP contribution in [0.3, 0.4) is 0 Å². The summed E-state index contributed by atoms with van der Waals surface area (Å²) >= 11 is 0. The molecule has 0 spiro atoms. The van der Waals surface area contributed by atoms with E-state index >= 15 is 0 Å². The van der Waals surface area contributed by atoms with Gasteiger partial charge in [0, 0.05) is 41.6 Å². The second-order valence-corrected chi connectivity index (χ2v) is 7.66. The topological polar surface area (TPSA) is 54.1 Å². The molecule has 2 aromatic carbocycles. The third kappa shape index (κ3) is 4.32. The van der Waals surface area contributed by atoms with Gasteiger partial charge >= 0.3 is 0 Å². The van der Waals surface area contributed by atoms with E-state index in [-0.39, 0.29) is 30.0 Å². The summed E-state index contributed by atoms with van der Waals surface area (Å²) in [5.41, 5.74) is 3.24. The molecule has 4 rings (SSSR count). The molecule has 3 aromatic rings. The van der Waals surface area contributed by atoms with Gasteiger partial charge in [-0.05, 0) is 73.4 Å². The zero-order chi connectivity index (χ0) is 20.4. The summed E-state index contributed by atoms with van der Waals surface area (Å²) in [4.78, 5) is 15.8. The van der Waals surface area contributed by atoms with E-state index in [0.29, 0.717) is 18.9 Å². The van der Waals surface area contributed by atoms with Crippen LogP contribution in [-0.4, -0.2) is 30.1 Å². The smallest absolute Gasteiger partial charge is 0.220 e. The fourth-order valence-corrected chi connectivity index (χ4v) is 3.97. The molecule has 0 saturated carbocycles. The van der Waals surface area contributed by atoms with E-state index in [1.807, 2.05) is 6.92 Å². The number of nitrogens with one attached hydrogen (secondary N) is 2. The molecule has 6 heteroatoms. The summed E-state index contributed by atoms with van der Waals surface area (Å²) in [5, 5.41) is 3.80. The first-order valence-electron chi connectivity index (χ1n) is 9.94. The van der Waals surface area contributed by atoms with E-state index < -0.39 is 0 Å². The van der Waals surface area contributed by atoms with Gasteiger partial charge in [-0.15, -0.1) is 0 Å². The molecule has 0 radical (unpaired) electrons. The number of aromatic nitrogens is 1. The predicted molar refractivity (Wildman–Crippen MR) is 109 cm³/mol. The number of aromatic amines is 1. The Labute approximate surface area is 168 Å². The number of carbonyl (C=O) groups excluding carboxylic acids is 1. The van der Waals surface area contributed by atoms with E-state index in [1.54, 1.807) is 18.2 Å². The minimum atomic E-state index is -0.331. The molecular weight excluding hydrogens is 374 g/mol. The lowest BCUT2D eigenvalue weighted by atomic mass is 9.99. The maximum atomic E-state index is 13.9. The van der Waals surface area contributed by atoms with Gasteiger partial charge in [-0.1, -0.05) is 0 Å². The Morgan fingerprint density at radius 3 is 2.69 bits per heavy atom. The summed E-state index contributed by atoms with van der Waals surface area (Å²) in [6.45, 7) is 3.42. The first kappa shape index (κ1) is 19.6. The number of ether oxygens (including phenoxy) is 1. The summed E-state index contributed by atoms with van der Waals surface area (Å²) < 4.78 is 32.6. The number of halogens is 2. The summed E-state index contributed by atoms with van der Waals surface area (Å²) in [7, 11) is 0. The maximum Gasteiger partial charge on any atom is 0.220 e. The molecule has 0 bridgehead atoms. The van der Waals surface area contributed by atoms with Crippen LogP contribution in [0.15, 0.2) is 42.5 Å². The quantitative estimate of drug-likeness (QED) is 0.638. The average molecular weight is 398 g/mol. The van der Waals surface area contributed by atoms with Gasteiger partial charge in [0.05, 0.1) is 6.61 Å². The van der Waals surface area contributed by atoms with Gasteiger partial charge in [0.2, 0.25) is 5.91 Å². The molecule has 1 saturated heterocycles. The molecule has 2 heterocycles. The third-order valence-electron chi connectivity index (χ3n) is 5.66. The fraction of sp³-hybridized carbons (Fsp3) is 0.348. The van der Waals surface area contributed by atoms with Crippen LogP contribution in [0.5, 0.6) is 0 Å². The van der Waals surface area contributed by atoms with Crippen molar-refractivity contribution in [1.82, 2.24) is 10.3 Å². The Morgan fingerprint density at radius 1 is 1.21 bits per heavy atom. The first-order chi connectivity index (χ1) is 14.0. The van der Waals surface area contributed by atoms with Crippen molar-refractivity contribution in [2.45, 2.75) is 32.2 Å². The zero-order valence-corrected chi connectivity index (χ0v) is 16.3. The van der Waals surface area contributed by atoms with E-state index in [4.69, 9.17) is 4.74 Å². The van der Waals surface area contributed by atoms with Crippen molar-refractivity contribution in [1.29, 1.82) is 0 Å². The second kappa shape index (κ2) is 8.33. The van der Waals surface area contributed by atoms with Crippen LogP contribution >= 0.6 is 0 Å². The minimum Gasteiger partial charge on any atom is -0.381 e. The van der Waals surface area contributed by atoms with Gasteiger partial charge < -0.3 is 15.0 Å². The van der Waals surface area contributed by atoms with Crippen LogP contribution in [0, 0.1) is 17.6 Å². The molecule has 1 aromatic heterocycles. The Balaban J connectivity index is 1.56. The van der Waals surface area contributed by atoms with E-state index in [2.05, 4.69) is 10.3 Å². The van der Waals surface area contributed by atoms with Crippen LogP contribution in [0.4, 0.5) is 8.78 Å². The van der Waals surface area contributed by atoms with Crippen molar-refractivity contribution in [2.75, 3.05) is 13.2 Å². The monoisotopic (exact) mass is 398 g/mol. The highest BCUT2D eigenvalue weighted by Gasteiger charge is 2.24. The van der Waals surface area contributed by atoms with Crippen LogP contribution in [0.2, 0.25) is 0 Å². The van der Waals surface area contributed by atoms with Crippen molar-refractivity contribution in [3.05, 3.63) is 59.7 Å². The SMILES string of the molecule is CC(NC(=O)CCc1c(-c2ccc(F)cc2)[nH]c2ccc(F)cc12)C1CCOC1. The van der Waals surface area contributed by atoms with Gasteiger partial charge in [0.25, 0.3) is 0 Å². The van der Waals surface area contributed by atoms with Gasteiger partial charge in [-0.3, -0.25) is 4.79 Å². The molecule has 2 atom stereocenters. The second-order valence-electron chi connectivity index (χ2n) is 7.66. The first-order valence-corrected chi connectivity index (χ1v) is 9.94. The molecule has 1 fully saturated rings. The molecule has 0 aliphatic carbocycles. The lowest BCUT2D eigenvalue weighted by Crippen LogP contribution is -2.38. The fourth-order valence-electron chi connectivity index (χ4n) is 3.97. The van der Waals surface area contributed by atoms with Crippen LogP contribution in [0.25, 0.3) is 22.2 Å². The molecular formula is C23H24F2N2O2. The van der Waals surface area contributed by atoms with Crippen molar-refractivity contribution < 1.29 is 18.3 Å². The zero-order valence-electron chi connectivity index (χ0n) is 16.3. The number of benzene rings is 2. The normalized spacial score (nSPS) is 17.6. The molecule has 2 unspecified atom stereocenters. The molecule has 4 nitrogen and oxygen atoms in total. The van der Waals surface area contributed by atoms with E-state index in [1.165, 1.54) is 24.3 Å². The number of rotatable bonds is 6. The van der Waals surface area contributed by atoms with Crippen molar-refractivity contribution >= 4 is 16.8 Å². The molecule has 152 valence electrons. The molecule has 29 heavy (non-hydrogen) atoms. The molecule has 1 aliphatic heterocycles. The largest absolute Gasteiger partial charge is 0.381 e. The van der Waals surface area contributed by atoms with E-state index in [0.717, 1.165) is 40.8 Å². The van der Waals surface area contributed by atoms with Gasteiger partial charge in [0.1, 0.15) is 11.6 Å². The molecule has 2 N–H and O–H groups in total. The average Bonchev–Trinajstić information content (AvgIpc) is 3.35. The Hall–Kier alpha value is -2.73. The minimum absolute atomic E-state index is 0.0415. The third-order valence-corrected chi connectivity index (χ3v) is 5.66. The standard InChI is InChI=1S/C23H24F2N2O2/c1-14(16-10-11-29-13-16)26-22(28)9-7-19-20-12-18(25)6-8-21(20)27-23(19)15-2-4-17(24)5-3-15/h2-6,8,12,14,16,27H,7,9-11,13H2,1H3,(H,26,28). The van der Waals surface area contributed by atoms with Crippen LogP contribution in [-0.2, 0) is 16.0 Å². The number of fused-ring (bicyclic) bond motifs is 1. The highest BCUT2D eigenvalue weighted by atomic mass is 19.1. The maximum absolute atomic E-state index is 13.9. The summed E-state index contributed by atoms with van der Waals surface area (Å²) in [6.07, 6.45) is 1.70. The van der Waals surface area contributed by atoms with Gasteiger partial charge in [-0.25, -0.2) is 8.78 Å². The van der Waals surface area contributed by atoms with Crippen molar-refractivity contribution in [3.8, 4) is 11.3 Å². The van der Waals surface area contributed by atoms with E-state index in [9.17, 15) is 13.6 Å². The number of carbonyl (C=O) groups is 1. The number of hydrogen-bond donors (Lipinski definition) is 2. The van der Waals surface area contributed by atoms with Crippen molar-refractivity contribution in [2.24, 2.45) is 5.92 Å². The molecule has 1 aliphatic rings. The predicted octanol–water partition coefficient (Wildman–Crippen LogP) is 4.59. The lowest BCUT2D eigenvalue weighted by Gasteiger charge is -2.19. The van der Waals surface area contributed by atoms with Gasteiger partial charge in [-0.2, -0.15) is 0 Å². The molecule has 1 amide bonds. The number of hydrogen-bond acceptors (Lipinski definition) is 2. The van der Waals surface area contributed by atoms with Crippen molar-refractivity contribution in [3.63, 3.8) is 0 Å². The highest BCUT2D eigenvalue weighted by Crippen LogP contribution is 2.32.